The normalized spacial score (nSPS) is 14.6. The maximum atomic E-state index is 12.1. The van der Waals surface area contributed by atoms with Crippen molar-refractivity contribution in [2.24, 2.45) is 0 Å². The molecule has 6 heteroatoms. The average molecular weight is 367 g/mol. The summed E-state index contributed by atoms with van der Waals surface area (Å²) in [4.78, 5) is 17.9. The maximum absolute atomic E-state index is 12.1. The van der Waals surface area contributed by atoms with Crippen molar-refractivity contribution in [3.63, 3.8) is 0 Å². The first-order chi connectivity index (χ1) is 10.1. The Morgan fingerprint density at radius 1 is 1.38 bits per heavy atom. The van der Waals surface area contributed by atoms with Crippen molar-refractivity contribution < 1.29 is 9.53 Å². The summed E-state index contributed by atoms with van der Waals surface area (Å²) in [5.74, 6) is 0.493. The summed E-state index contributed by atoms with van der Waals surface area (Å²) in [5, 5.41) is 3.51. The van der Waals surface area contributed by atoms with Crippen molar-refractivity contribution in [2.45, 2.75) is 32.3 Å². The number of halogens is 1. The van der Waals surface area contributed by atoms with Crippen LogP contribution in [0.15, 0.2) is 28.7 Å². The number of carbonyl (C=O) groups excluding carboxylic acids is 1. The minimum absolute atomic E-state index is 0.176. The van der Waals surface area contributed by atoms with Gasteiger partial charge in [-0.2, -0.15) is 0 Å². The molecule has 0 radical (unpaired) electrons. The fraction of sp³-hybridized carbons (Fsp3) is 0.333. The van der Waals surface area contributed by atoms with E-state index in [4.69, 9.17) is 4.74 Å². The average Bonchev–Trinajstić information content (AvgIpc) is 3.02. The fourth-order valence-electron chi connectivity index (χ4n) is 2.22. The fourth-order valence-corrected chi connectivity index (χ4v) is 3.54. The van der Waals surface area contributed by atoms with Crippen LogP contribution in [0.2, 0.25) is 0 Å². The number of aryl methyl sites for hydroxylation is 2. The smallest absolute Gasteiger partial charge is 0.266 e. The minimum Gasteiger partial charge on any atom is -0.481 e. The molecule has 0 spiro atoms. The van der Waals surface area contributed by atoms with Gasteiger partial charge in [0, 0.05) is 9.35 Å². The molecule has 1 aliphatic carbocycles. The van der Waals surface area contributed by atoms with Crippen molar-refractivity contribution in [1.82, 2.24) is 4.98 Å². The van der Waals surface area contributed by atoms with Gasteiger partial charge in [-0.05, 0) is 50.5 Å². The Labute approximate surface area is 135 Å². The largest absolute Gasteiger partial charge is 0.481 e. The van der Waals surface area contributed by atoms with E-state index >= 15 is 0 Å². The summed E-state index contributed by atoms with van der Waals surface area (Å²) >= 11 is 4.94. The molecule has 1 atom stereocenters. The number of thiazole rings is 1. The lowest BCUT2D eigenvalue weighted by Crippen LogP contribution is -2.30. The highest BCUT2D eigenvalue weighted by molar-refractivity contribution is 9.10. The number of hydrogen-bond acceptors (Lipinski definition) is 4. The Morgan fingerprint density at radius 3 is 2.86 bits per heavy atom. The van der Waals surface area contributed by atoms with Crippen LogP contribution >= 0.6 is 27.3 Å². The summed E-state index contributed by atoms with van der Waals surface area (Å²) in [6.07, 6.45) is 2.70. The quantitative estimate of drug-likeness (QED) is 0.894. The Morgan fingerprint density at radius 2 is 2.14 bits per heavy atom. The van der Waals surface area contributed by atoms with Gasteiger partial charge >= 0.3 is 0 Å². The first kappa shape index (κ1) is 14.5. The molecule has 21 heavy (non-hydrogen) atoms. The van der Waals surface area contributed by atoms with Gasteiger partial charge < -0.3 is 4.74 Å². The number of aromatic nitrogens is 1. The van der Waals surface area contributed by atoms with Crippen molar-refractivity contribution in [1.29, 1.82) is 0 Å². The zero-order valence-electron chi connectivity index (χ0n) is 11.6. The van der Waals surface area contributed by atoms with Crippen LogP contribution in [0, 0.1) is 0 Å². The van der Waals surface area contributed by atoms with E-state index in [1.54, 1.807) is 18.3 Å². The molecule has 0 saturated heterocycles. The van der Waals surface area contributed by atoms with Gasteiger partial charge in [-0.1, -0.05) is 15.9 Å². The van der Waals surface area contributed by atoms with E-state index in [0.29, 0.717) is 10.9 Å². The highest BCUT2D eigenvalue weighted by Gasteiger charge is 2.20. The zero-order valence-corrected chi connectivity index (χ0v) is 14.0. The second-order valence-electron chi connectivity index (χ2n) is 4.95. The first-order valence-corrected chi connectivity index (χ1v) is 8.44. The van der Waals surface area contributed by atoms with Crippen LogP contribution in [-0.4, -0.2) is 17.0 Å². The van der Waals surface area contributed by atoms with Gasteiger partial charge in [0.15, 0.2) is 11.2 Å². The number of nitrogens with one attached hydrogen (secondary N) is 1. The Bertz CT molecular complexity index is 633. The van der Waals surface area contributed by atoms with E-state index in [-0.39, 0.29) is 5.91 Å². The highest BCUT2D eigenvalue weighted by atomic mass is 79.9. The molecule has 1 aromatic heterocycles. The van der Waals surface area contributed by atoms with E-state index in [0.717, 1.165) is 23.0 Å². The lowest BCUT2D eigenvalue weighted by atomic mass is 10.3. The van der Waals surface area contributed by atoms with E-state index in [1.807, 2.05) is 24.3 Å². The van der Waals surface area contributed by atoms with Gasteiger partial charge in [-0.3, -0.25) is 10.1 Å². The third-order valence-electron chi connectivity index (χ3n) is 3.32. The Balaban J connectivity index is 1.60. The number of ether oxygens (including phenoxy) is 1. The van der Waals surface area contributed by atoms with Crippen LogP contribution in [0.1, 0.15) is 23.9 Å². The number of fused-ring (bicyclic) bond motifs is 1. The van der Waals surface area contributed by atoms with Gasteiger partial charge in [-0.15, -0.1) is 11.3 Å². The second kappa shape index (κ2) is 6.15. The number of rotatable bonds is 4. The molecular weight excluding hydrogens is 352 g/mol. The molecule has 2 aromatic rings. The molecule has 3 rings (SSSR count). The summed E-state index contributed by atoms with van der Waals surface area (Å²) in [7, 11) is 0. The Kier molecular flexibility index (Phi) is 4.26. The predicted octanol–water partition coefficient (Wildman–Crippen LogP) is 3.80. The van der Waals surface area contributed by atoms with E-state index in [1.165, 1.54) is 11.3 Å². The monoisotopic (exact) mass is 366 g/mol. The van der Waals surface area contributed by atoms with Gasteiger partial charge in [0.2, 0.25) is 0 Å². The van der Waals surface area contributed by atoms with Crippen molar-refractivity contribution in [3.8, 4) is 5.75 Å². The van der Waals surface area contributed by atoms with Gasteiger partial charge in [0.05, 0.1) is 5.69 Å². The molecule has 1 N–H and O–H groups in total. The SMILES string of the molecule is CC(Oc1ccc(Br)cc1)C(=O)Nc1nc2c(s1)CCC2. The van der Waals surface area contributed by atoms with Crippen LogP contribution < -0.4 is 10.1 Å². The van der Waals surface area contributed by atoms with Crippen molar-refractivity contribution in [3.05, 3.63) is 39.3 Å². The molecule has 0 bridgehead atoms. The lowest BCUT2D eigenvalue weighted by Gasteiger charge is -2.13. The molecule has 0 aliphatic heterocycles. The third kappa shape index (κ3) is 3.44. The molecule has 110 valence electrons. The first-order valence-electron chi connectivity index (χ1n) is 6.83. The maximum Gasteiger partial charge on any atom is 0.266 e. The van der Waals surface area contributed by atoms with Crippen LogP contribution in [-0.2, 0) is 17.6 Å². The number of nitrogens with zero attached hydrogens (tertiary/aromatic N) is 1. The van der Waals surface area contributed by atoms with Crippen LogP contribution in [0.4, 0.5) is 5.13 Å². The molecular formula is C15H15BrN2O2S. The predicted molar refractivity (Wildman–Crippen MR) is 87.0 cm³/mol. The van der Waals surface area contributed by atoms with E-state index in [2.05, 4.69) is 26.2 Å². The molecule has 0 saturated carbocycles. The number of benzene rings is 1. The molecule has 1 heterocycles. The number of anilines is 1. The standard InChI is InChI=1S/C15H15BrN2O2S/c1-9(20-11-7-5-10(16)6-8-11)14(19)18-15-17-12-3-2-4-13(12)21-15/h5-9H,2-4H2,1H3,(H,17,18,19). The molecule has 0 fully saturated rings. The molecule has 4 nitrogen and oxygen atoms in total. The van der Waals surface area contributed by atoms with Crippen LogP contribution in [0.25, 0.3) is 0 Å². The third-order valence-corrected chi connectivity index (χ3v) is 4.92. The number of carbonyl (C=O) groups is 1. The molecule has 1 aromatic carbocycles. The van der Waals surface area contributed by atoms with E-state index in [9.17, 15) is 4.79 Å². The molecule has 1 unspecified atom stereocenters. The minimum atomic E-state index is -0.565. The number of hydrogen-bond donors (Lipinski definition) is 1. The van der Waals surface area contributed by atoms with Crippen LogP contribution in [0.3, 0.4) is 0 Å². The van der Waals surface area contributed by atoms with Crippen LogP contribution in [0.5, 0.6) is 5.75 Å². The second-order valence-corrected chi connectivity index (χ2v) is 6.94. The van der Waals surface area contributed by atoms with E-state index < -0.39 is 6.10 Å². The summed E-state index contributed by atoms with van der Waals surface area (Å²) in [6, 6.07) is 7.41. The highest BCUT2D eigenvalue weighted by Crippen LogP contribution is 2.30. The lowest BCUT2D eigenvalue weighted by molar-refractivity contribution is -0.122. The molecule has 1 amide bonds. The Hall–Kier alpha value is -1.40. The van der Waals surface area contributed by atoms with Crippen molar-refractivity contribution in [2.75, 3.05) is 5.32 Å². The summed E-state index contributed by atoms with van der Waals surface area (Å²) in [5.41, 5.74) is 1.14. The summed E-state index contributed by atoms with van der Waals surface area (Å²) in [6.45, 7) is 1.73. The van der Waals surface area contributed by atoms with Gasteiger partial charge in [0.1, 0.15) is 5.75 Å². The zero-order chi connectivity index (χ0) is 14.8. The van der Waals surface area contributed by atoms with Crippen molar-refractivity contribution >= 4 is 38.3 Å². The van der Waals surface area contributed by atoms with Gasteiger partial charge in [0.25, 0.3) is 5.91 Å². The molecule has 1 aliphatic rings. The summed E-state index contributed by atoms with van der Waals surface area (Å²) < 4.78 is 6.60. The van der Waals surface area contributed by atoms with Gasteiger partial charge in [-0.25, -0.2) is 4.98 Å². The number of amides is 1. The topological polar surface area (TPSA) is 51.2 Å².